The molecule has 0 saturated carbocycles. The largest absolute Gasteiger partial charge is 0.412 e. The number of hydrogen-bond donors (Lipinski definition) is 0. The summed E-state index contributed by atoms with van der Waals surface area (Å²) in [5.74, 6) is 0. The van der Waals surface area contributed by atoms with Gasteiger partial charge < -0.3 is 10.3 Å². The Morgan fingerprint density at radius 1 is 1.80 bits per heavy atom. The highest BCUT2D eigenvalue weighted by Gasteiger charge is 1.52. The highest BCUT2D eigenvalue weighted by atomic mass is 16.1. The van der Waals surface area contributed by atoms with E-state index in [1.807, 2.05) is 6.92 Å². The number of carbonyl (C=O) groups is 1. The number of carbonyl (C=O) groups excluding carboxylic acids is 1. The quantitative estimate of drug-likeness (QED) is 0.398. The molecule has 0 atom stereocenters. The smallest absolute Gasteiger partial charge is 0.119 e. The fourth-order valence-corrected chi connectivity index (χ4v) is 0. The summed E-state index contributed by atoms with van der Waals surface area (Å²) in [4.78, 5) is 9.17. The van der Waals surface area contributed by atoms with Crippen LogP contribution in [0.2, 0.25) is 0 Å². The van der Waals surface area contributed by atoms with Crippen LogP contribution in [0.25, 0.3) is 0 Å². The first kappa shape index (κ1) is 8.82. The van der Waals surface area contributed by atoms with Crippen molar-refractivity contribution in [3.05, 3.63) is 0 Å². The van der Waals surface area contributed by atoms with Crippen LogP contribution in [0.4, 0.5) is 0 Å². The molecule has 32 valence electrons. The van der Waals surface area contributed by atoms with Crippen molar-refractivity contribution < 1.29 is 10.3 Å². The predicted molar refractivity (Wildman–Crippen MR) is 20.0 cm³/mol. The lowest BCUT2D eigenvalue weighted by molar-refractivity contribution is -0.107. The Labute approximate surface area is 31.1 Å². The molecule has 0 amide bonds. The Bertz CT molecular complexity index is 18.9. The molecule has 0 aliphatic rings. The molecule has 0 aliphatic carbocycles. The molecule has 5 heavy (non-hydrogen) atoms. The van der Waals surface area contributed by atoms with E-state index in [1.54, 1.807) is 0 Å². The van der Waals surface area contributed by atoms with Gasteiger partial charge in [-0.3, -0.25) is 0 Å². The van der Waals surface area contributed by atoms with Gasteiger partial charge in [0.05, 0.1) is 0 Å². The lowest BCUT2D eigenvalue weighted by Gasteiger charge is -1.51. The van der Waals surface area contributed by atoms with E-state index in [0.717, 1.165) is 6.29 Å². The third-order valence-electron chi connectivity index (χ3n) is 0.167. The molecule has 0 bridgehead atoms. The second kappa shape index (κ2) is 9.45. The highest BCUT2D eigenvalue weighted by molar-refractivity contribution is 5.48. The monoisotopic (exact) mass is 76.1 g/mol. The average Bonchev–Trinajstić information content (AvgIpc) is 1.37. The van der Waals surface area contributed by atoms with Crippen molar-refractivity contribution in [1.29, 1.82) is 0 Å². The van der Waals surface area contributed by atoms with Gasteiger partial charge in [0, 0.05) is 6.42 Å². The van der Waals surface area contributed by atoms with E-state index in [-0.39, 0.29) is 5.48 Å². The van der Waals surface area contributed by atoms with Gasteiger partial charge in [-0.2, -0.15) is 0 Å². The maximum atomic E-state index is 9.17. The van der Waals surface area contributed by atoms with Crippen molar-refractivity contribution in [2.24, 2.45) is 0 Å². The van der Waals surface area contributed by atoms with E-state index in [1.165, 1.54) is 0 Å². The zero-order valence-corrected chi connectivity index (χ0v) is 3.19. The molecule has 0 spiro atoms. The summed E-state index contributed by atoms with van der Waals surface area (Å²) in [5.41, 5.74) is 0. The standard InChI is InChI=1S/C3H6O.H2O/c1-2-3-4;/h3H,2H2,1H3;1H2. The van der Waals surface area contributed by atoms with Crippen LogP contribution >= 0.6 is 0 Å². The zero-order chi connectivity index (χ0) is 3.41. The number of rotatable bonds is 1. The molecular weight excluding hydrogens is 68.0 g/mol. The predicted octanol–water partition coefficient (Wildman–Crippen LogP) is -0.229. The first-order valence-electron chi connectivity index (χ1n) is 1.35. The Hall–Kier alpha value is -0.370. The van der Waals surface area contributed by atoms with E-state index in [0.29, 0.717) is 6.42 Å². The summed E-state index contributed by atoms with van der Waals surface area (Å²) in [7, 11) is 0. The van der Waals surface area contributed by atoms with Gasteiger partial charge in [-0.1, -0.05) is 6.92 Å². The third kappa shape index (κ3) is 24.3. The summed E-state index contributed by atoms with van der Waals surface area (Å²) >= 11 is 0. The molecule has 0 unspecified atom stereocenters. The second-order valence-corrected chi connectivity index (χ2v) is 0.575. The Morgan fingerprint density at radius 2 is 2.00 bits per heavy atom. The minimum atomic E-state index is 0. The Morgan fingerprint density at radius 3 is 2.00 bits per heavy atom. The van der Waals surface area contributed by atoms with Crippen LogP contribution in [0.3, 0.4) is 0 Å². The zero-order valence-electron chi connectivity index (χ0n) is 3.19. The first-order valence-corrected chi connectivity index (χ1v) is 1.35. The van der Waals surface area contributed by atoms with Gasteiger partial charge in [-0.15, -0.1) is 0 Å². The highest BCUT2D eigenvalue weighted by Crippen LogP contribution is 1.53. The fourth-order valence-electron chi connectivity index (χ4n) is 0. The molecule has 2 nitrogen and oxygen atoms in total. The van der Waals surface area contributed by atoms with Crippen LogP contribution < -0.4 is 0 Å². The van der Waals surface area contributed by atoms with Crippen molar-refractivity contribution in [3.63, 3.8) is 0 Å². The van der Waals surface area contributed by atoms with Crippen LogP contribution in [-0.2, 0) is 4.79 Å². The number of aldehydes is 1. The van der Waals surface area contributed by atoms with Gasteiger partial charge in [0.2, 0.25) is 0 Å². The second-order valence-electron chi connectivity index (χ2n) is 0.575. The molecular formula is C3H8O2. The van der Waals surface area contributed by atoms with Crippen molar-refractivity contribution in [1.82, 2.24) is 0 Å². The summed E-state index contributed by atoms with van der Waals surface area (Å²) < 4.78 is 0. The van der Waals surface area contributed by atoms with Gasteiger partial charge in [0.25, 0.3) is 0 Å². The van der Waals surface area contributed by atoms with E-state index in [4.69, 9.17) is 0 Å². The molecule has 0 heterocycles. The van der Waals surface area contributed by atoms with E-state index in [9.17, 15) is 4.79 Å². The van der Waals surface area contributed by atoms with Crippen molar-refractivity contribution in [2.75, 3.05) is 0 Å². The molecule has 0 radical (unpaired) electrons. The van der Waals surface area contributed by atoms with Gasteiger partial charge >= 0.3 is 0 Å². The molecule has 0 aliphatic heterocycles. The maximum absolute atomic E-state index is 9.17. The molecule has 2 heteroatoms. The third-order valence-corrected chi connectivity index (χ3v) is 0.167. The van der Waals surface area contributed by atoms with Crippen LogP contribution in [0.15, 0.2) is 0 Å². The molecule has 0 rings (SSSR count). The topological polar surface area (TPSA) is 48.6 Å². The minimum absolute atomic E-state index is 0. The van der Waals surface area contributed by atoms with Gasteiger partial charge in [0.15, 0.2) is 0 Å². The van der Waals surface area contributed by atoms with Gasteiger partial charge in [-0.05, 0) is 0 Å². The summed E-state index contributed by atoms with van der Waals surface area (Å²) in [6, 6.07) is 0. The molecule has 0 saturated heterocycles. The van der Waals surface area contributed by atoms with Crippen LogP contribution in [-0.4, -0.2) is 11.8 Å². The maximum Gasteiger partial charge on any atom is 0.119 e. The Kier molecular flexibility index (Phi) is 16.7. The lowest BCUT2D eigenvalue weighted by atomic mass is 10.6. The molecule has 0 aromatic heterocycles. The summed E-state index contributed by atoms with van der Waals surface area (Å²) in [6.45, 7) is 1.81. The minimum Gasteiger partial charge on any atom is -0.412 e. The molecule has 0 aromatic carbocycles. The number of hydrogen-bond acceptors (Lipinski definition) is 1. The first-order chi connectivity index (χ1) is 1.91. The van der Waals surface area contributed by atoms with Gasteiger partial charge in [0.1, 0.15) is 6.29 Å². The average molecular weight is 76.1 g/mol. The Balaban J connectivity index is 0. The lowest BCUT2D eigenvalue weighted by Crippen LogP contribution is -1.55. The van der Waals surface area contributed by atoms with Crippen LogP contribution in [0, 0.1) is 0 Å². The van der Waals surface area contributed by atoms with Crippen LogP contribution in [0.5, 0.6) is 0 Å². The summed E-state index contributed by atoms with van der Waals surface area (Å²) in [5, 5.41) is 0. The van der Waals surface area contributed by atoms with E-state index in [2.05, 4.69) is 0 Å². The van der Waals surface area contributed by atoms with E-state index < -0.39 is 0 Å². The van der Waals surface area contributed by atoms with Crippen LogP contribution in [0.1, 0.15) is 13.3 Å². The van der Waals surface area contributed by atoms with E-state index >= 15 is 0 Å². The molecule has 0 fully saturated rings. The van der Waals surface area contributed by atoms with Crippen molar-refractivity contribution in [2.45, 2.75) is 13.3 Å². The SMILES string of the molecule is CCC=O.O. The molecule has 2 N–H and O–H groups in total. The fraction of sp³-hybridized carbons (Fsp3) is 0.667. The summed E-state index contributed by atoms with van der Waals surface area (Å²) in [6.07, 6.45) is 1.51. The normalized spacial score (nSPS) is 5.00. The van der Waals surface area contributed by atoms with Crippen molar-refractivity contribution >= 4 is 6.29 Å². The van der Waals surface area contributed by atoms with Gasteiger partial charge in [-0.25, -0.2) is 0 Å². The molecule has 0 aromatic rings. The van der Waals surface area contributed by atoms with Crippen molar-refractivity contribution in [3.8, 4) is 0 Å².